The van der Waals surface area contributed by atoms with E-state index in [-0.39, 0.29) is 31.3 Å². The summed E-state index contributed by atoms with van der Waals surface area (Å²) in [5, 5.41) is 0. The molecule has 0 fully saturated rings. The third-order valence-corrected chi connectivity index (χ3v) is 1.03. The second-order valence-electron chi connectivity index (χ2n) is 1.79. The molecule has 0 saturated carbocycles. The van der Waals surface area contributed by atoms with Crippen molar-refractivity contribution < 1.29 is 59.2 Å². The van der Waals surface area contributed by atoms with Crippen LogP contribution < -0.4 is 31.3 Å². The van der Waals surface area contributed by atoms with Gasteiger partial charge in [0.25, 0.3) is 0 Å². The quantitative estimate of drug-likeness (QED) is 0.263. The van der Waals surface area contributed by atoms with Gasteiger partial charge in [0.1, 0.15) is 0 Å². The summed E-state index contributed by atoms with van der Waals surface area (Å²) in [4.78, 5) is 0. The molecule has 0 bridgehead atoms. The van der Waals surface area contributed by atoms with E-state index in [2.05, 4.69) is 25.8 Å². The number of hydrogen-bond donors (Lipinski definition) is 0. The topological polar surface area (TPSA) is 0 Å². The van der Waals surface area contributed by atoms with E-state index in [0.717, 1.165) is 12.1 Å². The first-order valence-electron chi connectivity index (χ1n) is 2.91. The van der Waals surface area contributed by atoms with Gasteiger partial charge in [-0.25, -0.2) is 0 Å². The number of rotatable bonds is 0. The van der Waals surface area contributed by atoms with Crippen molar-refractivity contribution in [3.63, 3.8) is 0 Å². The molecule has 0 spiro atoms. The van der Waals surface area contributed by atoms with Gasteiger partial charge in [0, 0.05) is 0 Å². The fraction of sp³-hybridized carbons (Fsp3) is 0.143. The van der Waals surface area contributed by atoms with Crippen LogP contribution in [0.25, 0.3) is 0 Å². The molecule has 0 heterocycles. The first kappa shape index (κ1) is 20.6. The van der Waals surface area contributed by atoms with Gasteiger partial charge in [-0.15, -0.1) is 0 Å². The van der Waals surface area contributed by atoms with E-state index < -0.39 is 11.7 Å². The van der Waals surface area contributed by atoms with Gasteiger partial charge in [0.2, 0.25) is 0 Å². The van der Waals surface area contributed by atoms with E-state index in [4.69, 9.17) is 0 Å². The van der Waals surface area contributed by atoms with E-state index >= 15 is 0 Å². The molecule has 7 heteroatoms. The fourth-order valence-corrected chi connectivity index (χ4v) is 0.570. The van der Waals surface area contributed by atoms with Gasteiger partial charge in [-0.1, -0.05) is 5.56 Å². The second kappa shape index (κ2) is 10.8. The zero-order valence-corrected chi connectivity index (χ0v) is 13.3. The monoisotopic (exact) mass is 378 g/mol. The minimum atomic E-state index is -4.24. The molecule has 0 atom stereocenters. The Hall–Kier alpha value is 1.25. The van der Waals surface area contributed by atoms with Crippen LogP contribution in [0.15, 0.2) is 24.3 Å². The van der Waals surface area contributed by atoms with Crippen LogP contribution in [0.2, 0.25) is 0 Å². The van der Waals surface area contributed by atoms with Crippen molar-refractivity contribution in [1.82, 2.24) is 0 Å². The van der Waals surface area contributed by atoms with Gasteiger partial charge in [-0.2, -0.15) is 43.5 Å². The van der Waals surface area contributed by atoms with E-state index in [9.17, 15) is 13.2 Å². The summed E-state index contributed by atoms with van der Waals surface area (Å²) in [5.74, 6) is 0. The van der Waals surface area contributed by atoms with Crippen LogP contribution >= 0.6 is 19.8 Å². The van der Waals surface area contributed by atoms with E-state index in [1.54, 1.807) is 0 Å². The van der Waals surface area contributed by atoms with Gasteiger partial charge < -0.3 is 12.4 Å². The fourth-order valence-electron chi connectivity index (χ4n) is 0.570. The van der Waals surface area contributed by atoms with Crippen LogP contribution in [0.4, 0.5) is 13.2 Å². The van der Waals surface area contributed by atoms with Crippen molar-refractivity contribution in [2.24, 2.45) is 0 Å². The summed E-state index contributed by atoms with van der Waals surface area (Å²) in [5.41, 5.74) is -0.657. The molecule has 0 unspecified atom stereocenters. The third kappa shape index (κ3) is 8.55. The summed E-state index contributed by atoms with van der Waals surface area (Å²) < 4.78 is 35.3. The Morgan fingerprint density at radius 3 is 2.00 bits per heavy atom. The molecule has 14 heavy (non-hydrogen) atoms. The SMILES string of the molecule is FC(F)(F)c1c[c-]ccc1.[Cl-].[Li+].[Zn+][I]. The van der Waals surface area contributed by atoms with E-state index in [0.29, 0.717) is 0 Å². The molecular formula is C7H4ClF3ILiZn. The molecule has 1 rings (SSSR count). The summed E-state index contributed by atoms with van der Waals surface area (Å²) in [7, 11) is 0. The second-order valence-corrected chi connectivity index (χ2v) is 1.79. The maximum atomic E-state index is 11.8. The number of benzene rings is 1. The molecule has 0 aliphatic rings. The van der Waals surface area contributed by atoms with Gasteiger partial charge in [-0.3, -0.25) is 0 Å². The standard InChI is InChI=1S/C7H4F3.ClH.HI.Li.Zn/c8-7(9,10)6-4-2-1-3-5-6;;;;/h1-2,4-5H;2*1H;;/q-1;;;+1;+2/p-2. The van der Waals surface area contributed by atoms with Crippen LogP contribution in [0.1, 0.15) is 5.56 Å². The maximum absolute atomic E-state index is 11.8. The molecule has 0 radical (unpaired) electrons. The molecule has 0 N–H and O–H groups in total. The van der Waals surface area contributed by atoms with Crippen LogP contribution in [-0.4, -0.2) is 0 Å². The van der Waals surface area contributed by atoms with E-state index in [1.807, 2.05) is 0 Å². The van der Waals surface area contributed by atoms with Crippen LogP contribution in [-0.2, 0) is 21.0 Å². The Bertz CT molecular complexity index is 220. The molecule has 0 nitrogen and oxygen atoms in total. The Morgan fingerprint density at radius 2 is 1.79 bits per heavy atom. The Balaban J connectivity index is -0.000000284. The van der Waals surface area contributed by atoms with Crippen molar-refractivity contribution in [3.05, 3.63) is 35.9 Å². The summed E-state index contributed by atoms with van der Waals surface area (Å²) in [6.45, 7) is 0. The molecule has 0 amide bonds. The molecule has 1 aromatic rings. The van der Waals surface area contributed by atoms with Gasteiger partial charge in [0.05, 0.1) is 0 Å². The predicted octanol–water partition coefficient (Wildman–Crippen LogP) is -2.60. The molecule has 70 valence electrons. The Labute approximate surface area is 120 Å². The van der Waals surface area contributed by atoms with Crippen LogP contribution in [0, 0.1) is 6.07 Å². The van der Waals surface area contributed by atoms with Gasteiger partial charge in [-0.05, 0) is 0 Å². The van der Waals surface area contributed by atoms with Crippen molar-refractivity contribution in [2.75, 3.05) is 0 Å². The molecular weight excluding hydrogens is 376 g/mol. The van der Waals surface area contributed by atoms with Crippen LogP contribution in [0.5, 0.6) is 0 Å². The Kier molecular flexibility index (Phi) is 15.9. The molecule has 0 saturated heterocycles. The average Bonchev–Trinajstić information content (AvgIpc) is 2.08. The van der Waals surface area contributed by atoms with Crippen molar-refractivity contribution >= 4 is 19.8 Å². The van der Waals surface area contributed by atoms with Gasteiger partial charge >= 0.3 is 59.6 Å². The molecule has 0 aromatic heterocycles. The van der Waals surface area contributed by atoms with Crippen molar-refractivity contribution in [3.8, 4) is 0 Å². The summed E-state index contributed by atoms with van der Waals surface area (Å²) in [6, 6.07) is 7.01. The first-order chi connectivity index (χ1) is 5.61. The van der Waals surface area contributed by atoms with Crippen molar-refractivity contribution in [2.45, 2.75) is 6.18 Å². The number of alkyl halides is 3. The average molecular weight is 380 g/mol. The van der Waals surface area contributed by atoms with Crippen molar-refractivity contribution in [1.29, 1.82) is 0 Å². The number of halogens is 5. The molecule has 1 aromatic carbocycles. The molecule has 0 aliphatic heterocycles. The normalized spacial score (nSPS) is 8.71. The summed E-state index contributed by atoms with van der Waals surface area (Å²) >= 11 is 3.62. The summed E-state index contributed by atoms with van der Waals surface area (Å²) in [6.07, 6.45) is -4.24. The van der Waals surface area contributed by atoms with Gasteiger partial charge in [0.15, 0.2) is 0 Å². The van der Waals surface area contributed by atoms with E-state index in [1.165, 1.54) is 26.9 Å². The van der Waals surface area contributed by atoms with Crippen LogP contribution in [0.3, 0.4) is 0 Å². The number of hydrogen-bond acceptors (Lipinski definition) is 0. The first-order valence-corrected chi connectivity index (χ1v) is 12.0. The third-order valence-electron chi connectivity index (χ3n) is 1.03. The minimum absolute atomic E-state index is 0. The zero-order valence-electron chi connectivity index (χ0n) is 7.41. The zero-order chi connectivity index (χ0) is 9.61. The molecule has 0 aliphatic carbocycles. The predicted molar refractivity (Wildman–Crippen MR) is 44.3 cm³/mol. The Morgan fingerprint density at radius 1 is 1.29 bits per heavy atom.